The second-order valence-electron chi connectivity index (χ2n) is 6.98. The molecule has 0 unspecified atom stereocenters. The largest absolute Gasteiger partial charge is 0.478 e. The Morgan fingerprint density at radius 1 is 1.28 bits per heavy atom. The number of carbonyl (C=O) groups is 2. The Bertz CT molecular complexity index is 849. The number of likely N-dealkylation sites (tertiary alicyclic amines) is 1. The van der Waals surface area contributed by atoms with E-state index in [-0.39, 0.29) is 17.0 Å². The smallest absolute Gasteiger partial charge is 0.335 e. The van der Waals surface area contributed by atoms with E-state index in [1.807, 2.05) is 23.2 Å². The minimum absolute atomic E-state index is 0.0893. The second-order valence-corrected chi connectivity index (χ2v) is 6.98. The van der Waals surface area contributed by atoms with Crippen molar-refractivity contribution in [2.45, 2.75) is 31.7 Å². The number of carboxylic acid groups (broad SMARTS) is 1. The molecule has 25 heavy (non-hydrogen) atoms. The quantitative estimate of drug-likeness (QED) is 0.934. The van der Waals surface area contributed by atoms with Crippen LogP contribution in [-0.4, -0.2) is 33.4 Å². The van der Waals surface area contributed by atoms with Crippen molar-refractivity contribution < 1.29 is 14.7 Å². The van der Waals surface area contributed by atoms with Crippen molar-refractivity contribution in [3.05, 3.63) is 65.0 Å². The van der Waals surface area contributed by atoms with Crippen molar-refractivity contribution in [2.24, 2.45) is 5.92 Å². The van der Waals surface area contributed by atoms with Crippen molar-refractivity contribution in [2.75, 3.05) is 6.54 Å². The summed E-state index contributed by atoms with van der Waals surface area (Å²) in [4.78, 5) is 30.8. The number of fused-ring (bicyclic) bond motifs is 1. The van der Waals surface area contributed by atoms with Crippen LogP contribution in [0.1, 0.15) is 51.1 Å². The molecule has 2 heterocycles. The molecule has 1 saturated carbocycles. The Labute approximate surface area is 146 Å². The number of carboxylic acids is 1. The Hall–Kier alpha value is -2.69. The number of hydrogen-bond donors (Lipinski definition) is 1. The molecule has 1 aromatic carbocycles. The maximum absolute atomic E-state index is 13.2. The molecule has 5 heteroatoms. The number of nitrogens with zero attached hydrogens (tertiary/aromatic N) is 2. The molecule has 2 atom stereocenters. The van der Waals surface area contributed by atoms with Gasteiger partial charge in [0.05, 0.1) is 11.1 Å². The number of aryl methyl sites for hydroxylation is 1. The van der Waals surface area contributed by atoms with Gasteiger partial charge in [-0.2, -0.15) is 0 Å². The highest BCUT2D eigenvalue weighted by Crippen LogP contribution is 2.57. The summed E-state index contributed by atoms with van der Waals surface area (Å²) in [6.45, 7) is 2.45. The summed E-state index contributed by atoms with van der Waals surface area (Å²) in [5.74, 6) is -0.629. The standard InChI is InChI=1S/C20H20N2O3/c1-13-4-5-14(11-17(13)19(24)25)18(23)22-10-7-15-6-8-20(15,22)16-3-2-9-21-12-16/h2-5,9,11-12,15H,6-8,10H2,1H3,(H,24,25)/t15-,20-/m0/s1. The highest BCUT2D eigenvalue weighted by molar-refractivity contribution is 5.98. The lowest BCUT2D eigenvalue weighted by molar-refractivity contribution is 0.0142. The van der Waals surface area contributed by atoms with Crippen LogP contribution in [0.25, 0.3) is 0 Å². The van der Waals surface area contributed by atoms with Crippen LogP contribution in [0.5, 0.6) is 0 Å². The Morgan fingerprint density at radius 2 is 2.12 bits per heavy atom. The van der Waals surface area contributed by atoms with Gasteiger partial charge in [0, 0.05) is 24.5 Å². The molecular weight excluding hydrogens is 316 g/mol. The van der Waals surface area contributed by atoms with Crippen molar-refractivity contribution in [3.8, 4) is 0 Å². The van der Waals surface area contributed by atoms with E-state index in [0.29, 0.717) is 23.6 Å². The van der Waals surface area contributed by atoms with Gasteiger partial charge >= 0.3 is 5.97 Å². The first-order valence-corrected chi connectivity index (χ1v) is 8.60. The van der Waals surface area contributed by atoms with Crippen LogP contribution < -0.4 is 0 Å². The Balaban J connectivity index is 1.73. The second kappa shape index (κ2) is 5.69. The Morgan fingerprint density at radius 3 is 2.76 bits per heavy atom. The van der Waals surface area contributed by atoms with Gasteiger partial charge in [-0.25, -0.2) is 4.79 Å². The number of aromatic carboxylic acids is 1. The minimum Gasteiger partial charge on any atom is -0.478 e. The molecule has 0 bridgehead atoms. The maximum Gasteiger partial charge on any atom is 0.335 e. The minimum atomic E-state index is -1.00. The number of carbonyl (C=O) groups excluding carboxylic acids is 1. The number of aromatic nitrogens is 1. The molecule has 5 nitrogen and oxygen atoms in total. The lowest BCUT2D eigenvalue weighted by Crippen LogP contribution is -2.53. The number of amides is 1. The summed E-state index contributed by atoms with van der Waals surface area (Å²) in [5, 5.41) is 9.34. The Kier molecular flexibility index (Phi) is 3.60. The highest BCUT2D eigenvalue weighted by atomic mass is 16.4. The number of pyridine rings is 1. The van der Waals surface area contributed by atoms with Gasteiger partial charge in [0.25, 0.3) is 5.91 Å². The lowest BCUT2D eigenvalue weighted by atomic mass is 9.64. The summed E-state index contributed by atoms with van der Waals surface area (Å²) >= 11 is 0. The molecule has 1 saturated heterocycles. The first-order valence-electron chi connectivity index (χ1n) is 8.60. The normalized spacial score (nSPS) is 24.5. The molecule has 128 valence electrons. The molecule has 1 amide bonds. The maximum atomic E-state index is 13.2. The molecule has 4 rings (SSSR count). The van der Waals surface area contributed by atoms with Crippen LogP contribution in [-0.2, 0) is 5.54 Å². The fraction of sp³-hybridized carbons (Fsp3) is 0.350. The molecule has 1 aliphatic carbocycles. The van der Waals surface area contributed by atoms with E-state index in [4.69, 9.17) is 0 Å². The first-order chi connectivity index (χ1) is 12.0. The molecular formula is C20H20N2O3. The number of hydrogen-bond acceptors (Lipinski definition) is 3. The van der Waals surface area contributed by atoms with E-state index < -0.39 is 5.97 Å². The van der Waals surface area contributed by atoms with E-state index >= 15 is 0 Å². The topological polar surface area (TPSA) is 70.5 Å². The third-order valence-corrected chi connectivity index (χ3v) is 5.85. The molecule has 2 aromatic rings. The molecule has 0 spiro atoms. The van der Waals surface area contributed by atoms with Crippen molar-refractivity contribution >= 4 is 11.9 Å². The molecule has 2 aliphatic rings. The molecule has 2 fully saturated rings. The lowest BCUT2D eigenvalue weighted by Gasteiger charge is -2.50. The van der Waals surface area contributed by atoms with Crippen LogP contribution >= 0.6 is 0 Å². The number of rotatable bonds is 3. The summed E-state index contributed by atoms with van der Waals surface area (Å²) < 4.78 is 0. The van der Waals surface area contributed by atoms with Crippen molar-refractivity contribution in [1.29, 1.82) is 0 Å². The highest BCUT2D eigenvalue weighted by Gasteiger charge is 2.57. The number of benzene rings is 1. The average molecular weight is 336 g/mol. The van der Waals surface area contributed by atoms with Gasteiger partial charge < -0.3 is 10.0 Å². The van der Waals surface area contributed by atoms with Crippen LogP contribution in [0.2, 0.25) is 0 Å². The molecule has 1 aromatic heterocycles. The van der Waals surface area contributed by atoms with E-state index in [2.05, 4.69) is 4.98 Å². The van der Waals surface area contributed by atoms with Crippen LogP contribution in [0.15, 0.2) is 42.7 Å². The summed E-state index contributed by atoms with van der Waals surface area (Å²) in [6, 6.07) is 8.90. The van der Waals surface area contributed by atoms with E-state index in [0.717, 1.165) is 24.8 Å². The predicted octanol–water partition coefficient (Wildman–Crippen LogP) is 3.24. The zero-order valence-electron chi connectivity index (χ0n) is 14.1. The molecule has 1 N–H and O–H groups in total. The van der Waals surface area contributed by atoms with Crippen LogP contribution in [0.3, 0.4) is 0 Å². The van der Waals surface area contributed by atoms with E-state index in [1.165, 1.54) is 6.07 Å². The van der Waals surface area contributed by atoms with Gasteiger partial charge in [0.2, 0.25) is 0 Å². The average Bonchev–Trinajstić information content (AvgIpc) is 2.86. The monoisotopic (exact) mass is 336 g/mol. The van der Waals surface area contributed by atoms with Gasteiger partial charge in [-0.3, -0.25) is 9.78 Å². The third kappa shape index (κ3) is 2.26. The van der Waals surface area contributed by atoms with Crippen LogP contribution in [0.4, 0.5) is 0 Å². The van der Waals surface area contributed by atoms with E-state index in [9.17, 15) is 14.7 Å². The first kappa shape index (κ1) is 15.8. The van der Waals surface area contributed by atoms with Crippen molar-refractivity contribution in [3.63, 3.8) is 0 Å². The summed E-state index contributed by atoms with van der Waals surface area (Å²) in [7, 11) is 0. The predicted molar refractivity (Wildman–Crippen MR) is 92.4 cm³/mol. The van der Waals surface area contributed by atoms with Gasteiger partial charge in [0.1, 0.15) is 0 Å². The van der Waals surface area contributed by atoms with Gasteiger partial charge in [0.15, 0.2) is 0 Å². The fourth-order valence-corrected chi connectivity index (χ4v) is 4.42. The zero-order valence-corrected chi connectivity index (χ0v) is 14.1. The zero-order chi connectivity index (χ0) is 17.6. The van der Waals surface area contributed by atoms with Crippen molar-refractivity contribution in [1.82, 2.24) is 9.88 Å². The summed E-state index contributed by atoms with van der Waals surface area (Å²) in [6.07, 6.45) is 6.64. The fourth-order valence-electron chi connectivity index (χ4n) is 4.42. The van der Waals surface area contributed by atoms with Gasteiger partial charge in [-0.1, -0.05) is 12.1 Å². The van der Waals surface area contributed by atoms with Gasteiger partial charge in [-0.05, 0) is 61.4 Å². The van der Waals surface area contributed by atoms with Crippen LogP contribution in [0, 0.1) is 12.8 Å². The molecule has 0 radical (unpaired) electrons. The molecule has 1 aliphatic heterocycles. The third-order valence-electron chi connectivity index (χ3n) is 5.85. The van der Waals surface area contributed by atoms with E-state index in [1.54, 1.807) is 25.3 Å². The SMILES string of the molecule is Cc1ccc(C(=O)N2CC[C@@H]3CC[C@@]32c2cccnc2)cc1C(=O)O. The summed E-state index contributed by atoms with van der Waals surface area (Å²) in [5.41, 5.74) is 2.10. The van der Waals surface area contributed by atoms with Gasteiger partial charge in [-0.15, -0.1) is 0 Å².